The van der Waals surface area contributed by atoms with Gasteiger partial charge in [-0.05, 0) is 37.3 Å². The SMILES string of the molecule is Cc1cccnc1C(NC(=O)CNC(=O)N(C)C)C1CC1. The lowest BCUT2D eigenvalue weighted by atomic mass is 10.0. The standard InChI is InChI=1S/C15H22N4O2/c1-10-5-4-8-16-13(10)14(11-6-7-11)18-12(20)9-17-15(21)19(2)3/h4-5,8,11,14H,6-7,9H2,1-3H3,(H,17,21)(H,18,20). The highest BCUT2D eigenvalue weighted by molar-refractivity contribution is 5.84. The summed E-state index contributed by atoms with van der Waals surface area (Å²) in [6, 6.07) is 3.55. The molecule has 1 heterocycles. The number of nitrogens with zero attached hydrogens (tertiary/aromatic N) is 2. The highest BCUT2D eigenvalue weighted by atomic mass is 16.2. The quantitative estimate of drug-likeness (QED) is 0.856. The van der Waals surface area contributed by atoms with Crippen LogP contribution in [0.4, 0.5) is 4.79 Å². The molecule has 0 saturated heterocycles. The van der Waals surface area contributed by atoms with Gasteiger partial charge in [-0.2, -0.15) is 0 Å². The van der Waals surface area contributed by atoms with Crippen LogP contribution in [0.25, 0.3) is 0 Å². The maximum Gasteiger partial charge on any atom is 0.317 e. The minimum absolute atomic E-state index is 0.0217. The zero-order valence-corrected chi connectivity index (χ0v) is 12.7. The third-order valence-electron chi connectivity index (χ3n) is 3.56. The van der Waals surface area contributed by atoms with Gasteiger partial charge in [0.25, 0.3) is 0 Å². The van der Waals surface area contributed by atoms with Gasteiger partial charge >= 0.3 is 6.03 Å². The fourth-order valence-electron chi connectivity index (χ4n) is 2.20. The molecule has 0 bridgehead atoms. The van der Waals surface area contributed by atoms with Crippen molar-refractivity contribution in [2.75, 3.05) is 20.6 Å². The summed E-state index contributed by atoms with van der Waals surface area (Å²) in [4.78, 5) is 29.3. The minimum atomic E-state index is -0.276. The number of rotatable bonds is 5. The summed E-state index contributed by atoms with van der Waals surface area (Å²) in [7, 11) is 3.27. The molecule has 0 aliphatic heterocycles. The number of urea groups is 1. The van der Waals surface area contributed by atoms with Gasteiger partial charge in [-0.3, -0.25) is 9.78 Å². The molecule has 1 aromatic rings. The third-order valence-corrected chi connectivity index (χ3v) is 3.56. The van der Waals surface area contributed by atoms with E-state index in [0.29, 0.717) is 5.92 Å². The normalized spacial score (nSPS) is 15.2. The first-order valence-corrected chi connectivity index (χ1v) is 7.15. The maximum absolute atomic E-state index is 12.0. The Morgan fingerprint density at radius 2 is 2.14 bits per heavy atom. The van der Waals surface area contributed by atoms with E-state index in [2.05, 4.69) is 15.6 Å². The molecule has 6 nitrogen and oxygen atoms in total. The van der Waals surface area contributed by atoms with Crippen molar-refractivity contribution in [2.24, 2.45) is 5.92 Å². The highest BCUT2D eigenvalue weighted by Crippen LogP contribution is 2.41. The zero-order valence-electron chi connectivity index (χ0n) is 12.7. The maximum atomic E-state index is 12.0. The molecule has 1 fully saturated rings. The van der Waals surface area contributed by atoms with E-state index in [0.717, 1.165) is 24.1 Å². The van der Waals surface area contributed by atoms with Gasteiger partial charge in [0.1, 0.15) is 0 Å². The molecule has 1 aliphatic rings. The summed E-state index contributed by atoms with van der Waals surface area (Å²) in [6.45, 7) is 1.98. The molecule has 1 aromatic heterocycles. The van der Waals surface area contributed by atoms with Crippen LogP contribution in [0.5, 0.6) is 0 Å². The summed E-state index contributed by atoms with van der Waals surface area (Å²) in [6.07, 6.45) is 3.95. The molecule has 3 amide bonds. The summed E-state index contributed by atoms with van der Waals surface area (Å²) in [5.41, 5.74) is 2.00. The number of amides is 3. The number of hydrogen-bond donors (Lipinski definition) is 2. The van der Waals surface area contributed by atoms with E-state index in [1.54, 1.807) is 20.3 Å². The fourth-order valence-corrected chi connectivity index (χ4v) is 2.20. The Bertz CT molecular complexity index is 526. The van der Waals surface area contributed by atoms with Gasteiger partial charge in [0, 0.05) is 20.3 Å². The van der Waals surface area contributed by atoms with E-state index in [-0.39, 0.29) is 24.5 Å². The Kier molecular flexibility index (Phi) is 4.77. The van der Waals surface area contributed by atoms with E-state index in [1.165, 1.54) is 4.90 Å². The molecule has 2 rings (SSSR count). The van der Waals surface area contributed by atoms with Crippen molar-refractivity contribution in [2.45, 2.75) is 25.8 Å². The molecule has 2 N–H and O–H groups in total. The number of carbonyl (C=O) groups excluding carboxylic acids is 2. The lowest BCUT2D eigenvalue weighted by Gasteiger charge is -2.20. The molecule has 1 unspecified atom stereocenters. The average Bonchev–Trinajstić information content (AvgIpc) is 3.27. The largest absolute Gasteiger partial charge is 0.346 e. The van der Waals surface area contributed by atoms with Crippen LogP contribution in [0, 0.1) is 12.8 Å². The molecule has 114 valence electrons. The van der Waals surface area contributed by atoms with Gasteiger partial charge in [0.2, 0.25) is 5.91 Å². The lowest BCUT2D eigenvalue weighted by Crippen LogP contribution is -2.43. The molecule has 21 heavy (non-hydrogen) atoms. The average molecular weight is 290 g/mol. The van der Waals surface area contributed by atoms with Crippen molar-refractivity contribution >= 4 is 11.9 Å². The zero-order chi connectivity index (χ0) is 15.4. The highest BCUT2D eigenvalue weighted by Gasteiger charge is 2.35. The number of aryl methyl sites for hydroxylation is 1. The molecule has 1 aliphatic carbocycles. The molecule has 1 saturated carbocycles. The van der Waals surface area contributed by atoms with E-state index in [4.69, 9.17) is 0 Å². The van der Waals surface area contributed by atoms with Crippen LogP contribution < -0.4 is 10.6 Å². The predicted octanol–water partition coefficient (Wildman–Crippen LogP) is 1.23. The van der Waals surface area contributed by atoms with E-state index in [9.17, 15) is 9.59 Å². The molecular weight excluding hydrogens is 268 g/mol. The lowest BCUT2D eigenvalue weighted by molar-refractivity contribution is -0.121. The van der Waals surface area contributed by atoms with Crippen LogP contribution in [0.3, 0.4) is 0 Å². The smallest absolute Gasteiger partial charge is 0.317 e. The van der Waals surface area contributed by atoms with Gasteiger partial charge in [0.05, 0.1) is 18.3 Å². The van der Waals surface area contributed by atoms with E-state index in [1.807, 2.05) is 19.1 Å². The van der Waals surface area contributed by atoms with Gasteiger partial charge in [-0.25, -0.2) is 4.79 Å². The van der Waals surface area contributed by atoms with Crippen molar-refractivity contribution in [3.8, 4) is 0 Å². The summed E-state index contributed by atoms with van der Waals surface area (Å²) < 4.78 is 0. The van der Waals surface area contributed by atoms with Gasteiger partial charge in [-0.1, -0.05) is 6.07 Å². The molecule has 0 radical (unpaired) electrons. The van der Waals surface area contributed by atoms with Crippen LogP contribution in [0.2, 0.25) is 0 Å². The fraction of sp³-hybridized carbons (Fsp3) is 0.533. The number of pyridine rings is 1. The van der Waals surface area contributed by atoms with Crippen LogP contribution in [0.15, 0.2) is 18.3 Å². The molecular formula is C15H22N4O2. The Morgan fingerprint density at radius 1 is 1.43 bits per heavy atom. The van der Waals surface area contributed by atoms with Gasteiger partial charge in [0.15, 0.2) is 0 Å². The van der Waals surface area contributed by atoms with Crippen molar-refractivity contribution in [3.63, 3.8) is 0 Å². The summed E-state index contributed by atoms with van der Waals surface area (Å²) in [5.74, 6) is 0.263. The number of hydrogen-bond acceptors (Lipinski definition) is 3. The summed E-state index contributed by atoms with van der Waals surface area (Å²) in [5, 5.41) is 5.56. The molecule has 1 atom stereocenters. The first-order valence-electron chi connectivity index (χ1n) is 7.15. The second-order valence-electron chi connectivity index (χ2n) is 5.64. The topological polar surface area (TPSA) is 74.3 Å². The first-order chi connectivity index (χ1) is 9.99. The van der Waals surface area contributed by atoms with Gasteiger partial charge in [-0.15, -0.1) is 0 Å². The molecule has 6 heteroatoms. The van der Waals surface area contributed by atoms with Crippen LogP contribution in [0.1, 0.15) is 30.1 Å². The minimum Gasteiger partial charge on any atom is -0.346 e. The molecule has 0 aromatic carbocycles. The Morgan fingerprint density at radius 3 is 2.71 bits per heavy atom. The Balaban J connectivity index is 1.96. The summed E-state index contributed by atoms with van der Waals surface area (Å²) >= 11 is 0. The predicted molar refractivity (Wildman–Crippen MR) is 79.7 cm³/mol. The van der Waals surface area contributed by atoms with Gasteiger partial charge < -0.3 is 15.5 Å². The van der Waals surface area contributed by atoms with Crippen LogP contribution >= 0.6 is 0 Å². The monoisotopic (exact) mass is 290 g/mol. The number of aromatic nitrogens is 1. The van der Waals surface area contributed by atoms with E-state index >= 15 is 0 Å². The Hall–Kier alpha value is -2.11. The van der Waals surface area contributed by atoms with Crippen molar-refractivity contribution in [3.05, 3.63) is 29.6 Å². The number of nitrogens with one attached hydrogen (secondary N) is 2. The first kappa shape index (κ1) is 15.3. The van der Waals surface area contributed by atoms with Crippen molar-refractivity contribution in [1.82, 2.24) is 20.5 Å². The second kappa shape index (κ2) is 6.56. The Labute approximate surface area is 124 Å². The van der Waals surface area contributed by atoms with Crippen LogP contribution in [-0.2, 0) is 4.79 Å². The number of carbonyl (C=O) groups is 2. The van der Waals surface area contributed by atoms with Crippen molar-refractivity contribution < 1.29 is 9.59 Å². The van der Waals surface area contributed by atoms with E-state index < -0.39 is 0 Å². The van der Waals surface area contributed by atoms with Crippen molar-refractivity contribution in [1.29, 1.82) is 0 Å². The molecule has 0 spiro atoms. The second-order valence-corrected chi connectivity index (χ2v) is 5.64. The third kappa shape index (κ3) is 4.18. The van der Waals surface area contributed by atoms with Crippen LogP contribution in [-0.4, -0.2) is 42.5 Å².